The summed E-state index contributed by atoms with van der Waals surface area (Å²) < 4.78 is 34.4. The third-order valence-electron chi connectivity index (χ3n) is 2.47. The Morgan fingerprint density at radius 3 is 2.89 bits per heavy atom. The molecule has 0 fully saturated rings. The first-order valence-corrected chi connectivity index (χ1v) is 5.54. The first-order chi connectivity index (χ1) is 9.20. The van der Waals surface area contributed by atoms with Crippen LogP contribution in [0.1, 0.15) is 5.56 Å². The molecule has 0 saturated carbocycles. The average Bonchev–Trinajstić information content (AvgIpc) is 2.90. The van der Waals surface area contributed by atoms with Crippen LogP contribution in [0.2, 0.25) is 0 Å². The fraction of sp³-hybridized carbons (Fsp3) is 0.250. The number of nitrogens with zero attached hydrogens (tertiary/aromatic N) is 1. The SMILES string of the molecule is COc1cccc(CNc2cn[nH]c2)c1OC(F)F. The molecule has 1 aromatic heterocycles. The molecule has 19 heavy (non-hydrogen) atoms. The van der Waals surface area contributed by atoms with Crippen LogP contribution in [-0.2, 0) is 6.54 Å². The number of aromatic nitrogens is 2. The highest BCUT2D eigenvalue weighted by atomic mass is 19.3. The van der Waals surface area contributed by atoms with E-state index in [9.17, 15) is 8.78 Å². The summed E-state index contributed by atoms with van der Waals surface area (Å²) in [5.41, 5.74) is 1.33. The zero-order valence-corrected chi connectivity index (χ0v) is 10.2. The fourth-order valence-corrected chi connectivity index (χ4v) is 1.63. The van der Waals surface area contributed by atoms with E-state index in [1.165, 1.54) is 7.11 Å². The second-order valence-corrected chi connectivity index (χ2v) is 3.67. The molecule has 2 N–H and O–H groups in total. The lowest BCUT2D eigenvalue weighted by Gasteiger charge is -2.14. The number of rotatable bonds is 6. The van der Waals surface area contributed by atoms with Gasteiger partial charge in [-0.3, -0.25) is 5.10 Å². The molecule has 2 rings (SSSR count). The van der Waals surface area contributed by atoms with Crippen molar-refractivity contribution in [2.24, 2.45) is 0 Å². The Morgan fingerprint density at radius 2 is 2.26 bits per heavy atom. The predicted octanol–water partition coefficient (Wildman–Crippen LogP) is 2.63. The van der Waals surface area contributed by atoms with Crippen LogP contribution in [0.25, 0.3) is 0 Å². The van der Waals surface area contributed by atoms with Gasteiger partial charge in [0.25, 0.3) is 0 Å². The minimum atomic E-state index is -2.90. The van der Waals surface area contributed by atoms with Crippen LogP contribution in [0.5, 0.6) is 11.5 Å². The van der Waals surface area contributed by atoms with Crippen LogP contribution in [0.4, 0.5) is 14.5 Å². The molecule has 0 aliphatic heterocycles. The molecule has 1 aromatic carbocycles. The number of para-hydroxylation sites is 1. The van der Waals surface area contributed by atoms with E-state index >= 15 is 0 Å². The molecule has 0 spiro atoms. The maximum absolute atomic E-state index is 12.4. The van der Waals surface area contributed by atoms with Crippen molar-refractivity contribution in [1.29, 1.82) is 0 Å². The molecular weight excluding hydrogens is 256 g/mol. The number of methoxy groups -OCH3 is 1. The first kappa shape index (κ1) is 13.1. The highest BCUT2D eigenvalue weighted by Crippen LogP contribution is 2.32. The van der Waals surface area contributed by atoms with Crippen LogP contribution < -0.4 is 14.8 Å². The van der Waals surface area contributed by atoms with Gasteiger partial charge in [-0.05, 0) is 6.07 Å². The number of halogens is 2. The van der Waals surface area contributed by atoms with Gasteiger partial charge in [0.05, 0.1) is 19.0 Å². The standard InChI is InChI=1S/C12H13F2N3O2/c1-18-10-4-2-3-8(11(10)19-12(13)14)5-15-9-6-16-17-7-9/h2-4,6-7,12,15H,5H2,1H3,(H,16,17). The topological polar surface area (TPSA) is 59.2 Å². The molecule has 2 aromatic rings. The molecule has 102 valence electrons. The van der Waals surface area contributed by atoms with Crippen molar-refractivity contribution in [1.82, 2.24) is 10.2 Å². The van der Waals surface area contributed by atoms with E-state index in [1.54, 1.807) is 30.6 Å². The summed E-state index contributed by atoms with van der Waals surface area (Å²) in [6.45, 7) is -2.58. The van der Waals surface area contributed by atoms with Gasteiger partial charge in [-0.15, -0.1) is 0 Å². The van der Waals surface area contributed by atoms with E-state index in [4.69, 9.17) is 4.74 Å². The molecule has 0 aliphatic rings. The van der Waals surface area contributed by atoms with Gasteiger partial charge in [-0.25, -0.2) is 0 Å². The zero-order chi connectivity index (χ0) is 13.7. The summed E-state index contributed by atoms with van der Waals surface area (Å²) in [6, 6.07) is 4.97. The molecule has 0 aliphatic carbocycles. The van der Waals surface area contributed by atoms with E-state index in [1.807, 2.05) is 0 Å². The van der Waals surface area contributed by atoms with Crippen LogP contribution in [-0.4, -0.2) is 23.9 Å². The van der Waals surface area contributed by atoms with Crippen molar-refractivity contribution in [2.45, 2.75) is 13.2 Å². The quantitative estimate of drug-likeness (QED) is 0.846. The number of ether oxygens (including phenoxy) is 2. The summed E-state index contributed by atoms with van der Waals surface area (Å²) in [6.07, 6.45) is 3.25. The van der Waals surface area contributed by atoms with Crippen LogP contribution in [0.15, 0.2) is 30.6 Å². The Balaban J connectivity index is 2.18. The Bertz CT molecular complexity index is 518. The minimum Gasteiger partial charge on any atom is -0.493 e. The third kappa shape index (κ3) is 3.34. The lowest BCUT2D eigenvalue weighted by Crippen LogP contribution is -2.08. The largest absolute Gasteiger partial charge is 0.493 e. The Hall–Kier alpha value is -2.31. The fourth-order valence-electron chi connectivity index (χ4n) is 1.63. The van der Waals surface area contributed by atoms with Crippen molar-refractivity contribution in [3.8, 4) is 11.5 Å². The molecule has 0 amide bonds. The number of hydrogen-bond acceptors (Lipinski definition) is 4. The Morgan fingerprint density at radius 1 is 1.42 bits per heavy atom. The Kier molecular flexibility index (Phi) is 4.17. The van der Waals surface area contributed by atoms with Gasteiger partial charge in [-0.2, -0.15) is 13.9 Å². The van der Waals surface area contributed by atoms with Crippen molar-refractivity contribution < 1.29 is 18.3 Å². The average molecular weight is 269 g/mol. The summed E-state index contributed by atoms with van der Waals surface area (Å²) in [5.74, 6) is 0.308. The van der Waals surface area contributed by atoms with Gasteiger partial charge in [0.2, 0.25) is 0 Å². The number of nitrogens with one attached hydrogen (secondary N) is 2. The molecule has 0 unspecified atom stereocenters. The normalized spacial score (nSPS) is 10.5. The smallest absolute Gasteiger partial charge is 0.387 e. The van der Waals surface area contributed by atoms with Crippen molar-refractivity contribution in [3.63, 3.8) is 0 Å². The second kappa shape index (κ2) is 6.03. The van der Waals surface area contributed by atoms with Crippen molar-refractivity contribution in [2.75, 3.05) is 12.4 Å². The number of alkyl halides is 2. The maximum atomic E-state index is 12.4. The highest BCUT2D eigenvalue weighted by molar-refractivity contribution is 5.49. The zero-order valence-electron chi connectivity index (χ0n) is 10.2. The van der Waals surface area contributed by atoms with Gasteiger partial charge in [0, 0.05) is 18.3 Å². The Labute approximate surface area is 108 Å². The molecule has 0 saturated heterocycles. The lowest BCUT2D eigenvalue weighted by molar-refractivity contribution is -0.0517. The predicted molar refractivity (Wildman–Crippen MR) is 65.5 cm³/mol. The number of aromatic amines is 1. The maximum Gasteiger partial charge on any atom is 0.387 e. The summed E-state index contributed by atoms with van der Waals surface area (Å²) >= 11 is 0. The van der Waals surface area contributed by atoms with Gasteiger partial charge in [0.1, 0.15) is 0 Å². The first-order valence-electron chi connectivity index (χ1n) is 5.54. The summed E-state index contributed by atoms with van der Waals surface area (Å²) in [4.78, 5) is 0. The van der Waals surface area contributed by atoms with Crippen LogP contribution in [0.3, 0.4) is 0 Å². The van der Waals surface area contributed by atoms with Crippen LogP contribution in [0, 0.1) is 0 Å². The molecule has 7 heteroatoms. The van der Waals surface area contributed by atoms with Gasteiger partial charge < -0.3 is 14.8 Å². The molecule has 1 heterocycles. The second-order valence-electron chi connectivity index (χ2n) is 3.67. The molecule has 0 bridgehead atoms. The van der Waals surface area contributed by atoms with Gasteiger partial charge in [0.15, 0.2) is 11.5 Å². The summed E-state index contributed by atoms with van der Waals surface area (Å²) in [5, 5.41) is 9.45. The number of anilines is 1. The molecule has 5 nitrogen and oxygen atoms in total. The number of hydrogen-bond donors (Lipinski definition) is 2. The minimum absolute atomic E-state index is 0.0380. The van der Waals surface area contributed by atoms with E-state index < -0.39 is 6.61 Å². The van der Waals surface area contributed by atoms with Crippen molar-refractivity contribution in [3.05, 3.63) is 36.2 Å². The lowest BCUT2D eigenvalue weighted by atomic mass is 10.2. The molecule has 0 radical (unpaired) electrons. The number of H-pyrrole nitrogens is 1. The molecular formula is C12H13F2N3O2. The monoisotopic (exact) mass is 269 g/mol. The van der Waals surface area contributed by atoms with Gasteiger partial charge in [-0.1, -0.05) is 12.1 Å². The van der Waals surface area contributed by atoms with E-state index in [0.29, 0.717) is 12.1 Å². The van der Waals surface area contributed by atoms with E-state index in [2.05, 4.69) is 20.3 Å². The van der Waals surface area contributed by atoms with E-state index in [0.717, 1.165) is 5.69 Å². The summed E-state index contributed by atoms with van der Waals surface area (Å²) in [7, 11) is 1.40. The highest BCUT2D eigenvalue weighted by Gasteiger charge is 2.15. The molecule has 0 atom stereocenters. The van der Waals surface area contributed by atoms with E-state index in [-0.39, 0.29) is 11.5 Å². The third-order valence-corrected chi connectivity index (χ3v) is 2.47. The van der Waals surface area contributed by atoms with Gasteiger partial charge >= 0.3 is 6.61 Å². The number of benzene rings is 1. The van der Waals surface area contributed by atoms with Crippen molar-refractivity contribution >= 4 is 5.69 Å². The van der Waals surface area contributed by atoms with Crippen LogP contribution >= 0.6 is 0 Å².